The van der Waals surface area contributed by atoms with E-state index < -0.39 is 28.3 Å². The zero-order valence-corrected chi connectivity index (χ0v) is 12.1. The van der Waals surface area contributed by atoms with Crippen LogP contribution in [0, 0.1) is 0 Å². The number of hydrogen-bond acceptors (Lipinski definition) is 6. The summed E-state index contributed by atoms with van der Waals surface area (Å²) in [6.07, 6.45) is 2.69. The Kier molecular flexibility index (Phi) is 4.47. The van der Waals surface area contributed by atoms with Gasteiger partial charge in [0.15, 0.2) is 10.6 Å². The Labute approximate surface area is 123 Å². The van der Waals surface area contributed by atoms with Crippen molar-refractivity contribution in [1.29, 1.82) is 0 Å². The quantitative estimate of drug-likeness (QED) is 0.801. The Hall–Kier alpha value is -1.68. The second-order valence-corrected chi connectivity index (χ2v) is 5.77. The lowest BCUT2D eigenvalue weighted by molar-refractivity contribution is -0.0437. The van der Waals surface area contributed by atoms with E-state index in [9.17, 15) is 22.2 Å². The minimum absolute atomic E-state index is 0.0487. The first-order chi connectivity index (χ1) is 9.84. The number of pyridine rings is 1. The Morgan fingerprint density at radius 3 is 2.81 bits per heavy atom. The van der Waals surface area contributed by atoms with E-state index in [0.29, 0.717) is 4.70 Å². The van der Waals surface area contributed by atoms with Crippen molar-refractivity contribution in [2.24, 2.45) is 0 Å². The van der Waals surface area contributed by atoms with Gasteiger partial charge in [0.25, 0.3) is 0 Å². The summed E-state index contributed by atoms with van der Waals surface area (Å²) in [5.74, 6) is -1.25. The smallest absolute Gasteiger partial charge is 0.462 e. The van der Waals surface area contributed by atoms with Crippen molar-refractivity contribution in [3.63, 3.8) is 0 Å². The number of halogens is 3. The van der Waals surface area contributed by atoms with Gasteiger partial charge in [0.05, 0.1) is 11.3 Å². The molecule has 0 saturated carbocycles. The van der Waals surface area contributed by atoms with Crippen LogP contribution in [0.2, 0.25) is 0 Å². The summed E-state index contributed by atoms with van der Waals surface area (Å²) in [5.41, 5.74) is -5.05. The molecule has 1 unspecified atom stereocenters. The zero-order valence-electron chi connectivity index (χ0n) is 10.5. The summed E-state index contributed by atoms with van der Waals surface area (Å²) in [5, 5.41) is 0.218. The highest BCUT2D eigenvalue weighted by molar-refractivity contribution is 7.81. The normalized spacial score (nSPS) is 13.1. The van der Waals surface area contributed by atoms with E-state index in [1.807, 2.05) is 0 Å². The fourth-order valence-corrected chi connectivity index (χ4v) is 2.93. The Morgan fingerprint density at radius 2 is 2.19 bits per heavy atom. The van der Waals surface area contributed by atoms with Crippen LogP contribution in [0.15, 0.2) is 18.5 Å². The molecule has 114 valence electrons. The lowest BCUT2D eigenvalue weighted by Crippen LogP contribution is -2.21. The average molecular weight is 339 g/mol. The summed E-state index contributed by atoms with van der Waals surface area (Å²) in [7, 11) is 0. The molecule has 0 bridgehead atoms. The number of esters is 1. The highest BCUT2D eigenvalue weighted by Gasteiger charge is 2.41. The molecule has 10 heteroatoms. The van der Waals surface area contributed by atoms with Crippen molar-refractivity contribution in [3.8, 4) is 5.75 Å². The minimum Gasteiger partial charge on any atom is -0.462 e. The first-order valence-corrected chi connectivity index (χ1v) is 7.44. The van der Waals surface area contributed by atoms with Crippen LogP contribution >= 0.6 is 11.3 Å². The van der Waals surface area contributed by atoms with Gasteiger partial charge in [0, 0.05) is 17.8 Å². The van der Waals surface area contributed by atoms with Crippen molar-refractivity contribution in [2.75, 3.05) is 6.61 Å². The lowest BCUT2D eigenvalue weighted by atomic mass is 10.3. The molecule has 0 aliphatic rings. The van der Waals surface area contributed by atoms with Gasteiger partial charge in [-0.3, -0.25) is 4.98 Å². The van der Waals surface area contributed by atoms with Gasteiger partial charge in [0.2, 0.25) is 0 Å². The van der Waals surface area contributed by atoms with Crippen molar-refractivity contribution in [3.05, 3.63) is 23.3 Å². The van der Waals surface area contributed by atoms with E-state index in [4.69, 9.17) is 4.74 Å². The molecule has 0 radical (unpaired) electrons. The topological polar surface area (TPSA) is 65.5 Å². The average Bonchev–Trinajstić information content (AvgIpc) is 2.77. The van der Waals surface area contributed by atoms with Crippen molar-refractivity contribution >= 4 is 38.5 Å². The van der Waals surface area contributed by atoms with Gasteiger partial charge in [0.1, 0.15) is 0 Å². The van der Waals surface area contributed by atoms with E-state index >= 15 is 0 Å². The summed E-state index contributed by atoms with van der Waals surface area (Å²) in [6.45, 7) is 1.61. The molecular formula is C11H8F3NO4S2. The molecule has 0 N–H and O–H groups in total. The standard InChI is InChI=1S/C11H8F3NO4S2/c1-2-18-10(16)9-8(19-21(17)11(12,13)14)6-3-4-15-5-7(6)20-9/h3-5H,2H2,1H3. The van der Waals surface area contributed by atoms with Crippen molar-refractivity contribution in [1.82, 2.24) is 4.98 Å². The predicted octanol–water partition coefficient (Wildman–Crippen LogP) is 3.04. The van der Waals surface area contributed by atoms with Crippen molar-refractivity contribution in [2.45, 2.75) is 12.4 Å². The molecule has 2 rings (SSSR count). The maximum Gasteiger partial charge on any atom is 0.508 e. The van der Waals surface area contributed by atoms with Crippen LogP contribution in [-0.2, 0) is 15.8 Å². The number of fused-ring (bicyclic) bond motifs is 1. The molecule has 0 aromatic carbocycles. The maximum atomic E-state index is 12.4. The number of alkyl halides is 3. The number of aromatic nitrogens is 1. The van der Waals surface area contributed by atoms with Gasteiger partial charge >= 0.3 is 22.6 Å². The number of carbonyl (C=O) groups is 1. The van der Waals surface area contributed by atoms with Gasteiger partial charge in [-0.05, 0) is 13.0 Å². The zero-order chi connectivity index (χ0) is 15.6. The molecule has 0 saturated heterocycles. The third kappa shape index (κ3) is 3.32. The van der Waals surface area contributed by atoms with Crippen LogP contribution in [0.5, 0.6) is 5.75 Å². The fourth-order valence-electron chi connectivity index (χ4n) is 1.46. The fraction of sp³-hybridized carbons (Fsp3) is 0.273. The number of thiophene rings is 1. The first-order valence-electron chi connectivity index (χ1n) is 5.55. The molecule has 0 aliphatic heterocycles. The van der Waals surface area contributed by atoms with Crippen LogP contribution in [0.3, 0.4) is 0 Å². The number of ether oxygens (including phenoxy) is 1. The van der Waals surface area contributed by atoms with Gasteiger partial charge < -0.3 is 8.92 Å². The van der Waals surface area contributed by atoms with Crippen molar-refractivity contribution < 1.29 is 31.1 Å². The first kappa shape index (κ1) is 15.7. The number of rotatable bonds is 4. The van der Waals surface area contributed by atoms with Gasteiger partial charge in [-0.25, -0.2) is 9.00 Å². The van der Waals surface area contributed by atoms with Crippen LogP contribution in [0.1, 0.15) is 16.6 Å². The van der Waals surface area contributed by atoms with Gasteiger partial charge in [-0.1, -0.05) is 0 Å². The number of nitrogens with zero attached hydrogens (tertiary/aromatic N) is 1. The Balaban J connectivity index is 2.50. The van der Waals surface area contributed by atoms with Crippen LogP contribution < -0.4 is 4.18 Å². The molecular weight excluding hydrogens is 331 g/mol. The van der Waals surface area contributed by atoms with E-state index in [1.165, 1.54) is 18.5 Å². The predicted molar refractivity (Wildman–Crippen MR) is 70.4 cm³/mol. The molecule has 1 atom stereocenters. The number of hydrogen-bond donors (Lipinski definition) is 0. The van der Waals surface area contributed by atoms with Crippen LogP contribution in [0.4, 0.5) is 13.2 Å². The highest BCUT2D eigenvalue weighted by atomic mass is 32.2. The molecule has 5 nitrogen and oxygen atoms in total. The van der Waals surface area contributed by atoms with E-state index in [1.54, 1.807) is 6.92 Å². The molecule has 0 fully saturated rings. The second-order valence-electron chi connectivity index (χ2n) is 3.62. The summed E-state index contributed by atoms with van der Waals surface area (Å²) < 4.78 is 57.9. The molecule has 2 heterocycles. The summed E-state index contributed by atoms with van der Waals surface area (Å²) >= 11 is -2.71. The molecule has 2 aromatic rings. The minimum atomic E-state index is -5.05. The Bertz CT molecular complexity index is 698. The number of carbonyl (C=O) groups excluding carboxylic acids is 1. The van der Waals surface area contributed by atoms with E-state index in [0.717, 1.165) is 11.3 Å². The molecule has 2 aromatic heterocycles. The molecule has 0 aliphatic carbocycles. The highest BCUT2D eigenvalue weighted by Crippen LogP contribution is 2.39. The third-order valence-electron chi connectivity index (χ3n) is 2.26. The molecule has 21 heavy (non-hydrogen) atoms. The summed E-state index contributed by atoms with van der Waals surface area (Å²) in [6, 6.07) is 1.37. The second kappa shape index (κ2) is 5.98. The summed E-state index contributed by atoms with van der Waals surface area (Å²) in [4.78, 5) is 15.4. The van der Waals surface area contributed by atoms with Gasteiger partial charge in [-0.15, -0.1) is 11.3 Å². The van der Waals surface area contributed by atoms with E-state index in [-0.39, 0.29) is 16.9 Å². The third-order valence-corrected chi connectivity index (χ3v) is 4.05. The van der Waals surface area contributed by atoms with Gasteiger partial charge in [-0.2, -0.15) is 13.2 Å². The maximum absolute atomic E-state index is 12.4. The SMILES string of the molecule is CCOC(=O)c1sc2cnccc2c1OS(=O)C(F)(F)F. The molecule has 0 spiro atoms. The monoisotopic (exact) mass is 339 g/mol. The molecule has 0 amide bonds. The van der Waals surface area contributed by atoms with E-state index in [2.05, 4.69) is 9.17 Å². The lowest BCUT2D eigenvalue weighted by Gasteiger charge is -2.08. The van der Waals surface area contributed by atoms with Crippen LogP contribution in [-0.4, -0.2) is 27.3 Å². The Morgan fingerprint density at radius 1 is 1.48 bits per heavy atom. The largest absolute Gasteiger partial charge is 0.508 e. The van der Waals surface area contributed by atoms with Crippen LogP contribution in [0.25, 0.3) is 10.1 Å².